The molecule has 1 heterocycles. The third kappa shape index (κ3) is 1.26. The van der Waals surface area contributed by atoms with Crippen LogP contribution < -0.4 is 0 Å². The molecule has 0 radical (unpaired) electrons. The Hall–Kier alpha value is -0.900. The molecule has 0 bridgehead atoms. The molecule has 0 aromatic heterocycles. The van der Waals surface area contributed by atoms with Gasteiger partial charge in [0, 0.05) is 6.61 Å². The molecule has 11 heavy (non-hydrogen) atoms. The van der Waals surface area contributed by atoms with Gasteiger partial charge in [-0.15, -0.1) is 0 Å². The fraction of sp³-hybridized carbons (Fsp3) is 0.714. The van der Waals surface area contributed by atoms with Gasteiger partial charge in [-0.3, -0.25) is 4.79 Å². The number of methoxy groups -OCH3 is 1. The summed E-state index contributed by atoms with van der Waals surface area (Å²) in [5.74, 6) is -0.593. The highest BCUT2D eigenvalue weighted by atomic mass is 16.6. The van der Waals surface area contributed by atoms with Gasteiger partial charge >= 0.3 is 5.97 Å². The minimum absolute atomic E-state index is 0.434. The number of carbonyl (C=O) groups is 2. The SMILES string of the molecule is COC(=O)C1(C=O)CCCO1. The molecule has 0 aromatic carbocycles. The Morgan fingerprint density at radius 2 is 2.45 bits per heavy atom. The predicted molar refractivity (Wildman–Crippen MR) is 36.0 cm³/mol. The van der Waals surface area contributed by atoms with Crippen molar-refractivity contribution in [2.45, 2.75) is 18.4 Å². The highest BCUT2D eigenvalue weighted by Crippen LogP contribution is 2.24. The van der Waals surface area contributed by atoms with E-state index in [1.165, 1.54) is 7.11 Å². The molecule has 0 aromatic rings. The van der Waals surface area contributed by atoms with E-state index in [2.05, 4.69) is 4.74 Å². The molecule has 1 rings (SSSR count). The van der Waals surface area contributed by atoms with Crippen molar-refractivity contribution in [3.63, 3.8) is 0 Å². The molecule has 0 saturated carbocycles. The standard InChI is InChI=1S/C7H10O4/c1-10-6(9)7(5-8)3-2-4-11-7/h5H,2-4H2,1H3. The van der Waals surface area contributed by atoms with Crippen molar-refractivity contribution < 1.29 is 19.1 Å². The lowest BCUT2D eigenvalue weighted by atomic mass is 10.0. The van der Waals surface area contributed by atoms with E-state index in [0.717, 1.165) is 6.42 Å². The van der Waals surface area contributed by atoms with E-state index in [4.69, 9.17) is 4.74 Å². The summed E-state index contributed by atoms with van der Waals surface area (Å²) < 4.78 is 9.43. The van der Waals surface area contributed by atoms with Crippen LogP contribution in [0, 0.1) is 0 Å². The van der Waals surface area contributed by atoms with Crippen molar-refractivity contribution in [2.75, 3.05) is 13.7 Å². The first-order valence-corrected chi connectivity index (χ1v) is 3.44. The summed E-state index contributed by atoms with van der Waals surface area (Å²) in [7, 11) is 1.25. The topological polar surface area (TPSA) is 52.6 Å². The van der Waals surface area contributed by atoms with Crippen molar-refractivity contribution in [1.29, 1.82) is 0 Å². The smallest absolute Gasteiger partial charge is 0.345 e. The van der Waals surface area contributed by atoms with Crippen LogP contribution in [-0.2, 0) is 19.1 Å². The molecular weight excluding hydrogens is 148 g/mol. The van der Waals surface area contributed by atoms with E-state index in [9.17, 15) is 9.59 Å². The summed E-state index contributed by atoms with van der Waals surface area (Å²) in [6.45, 7) is 0.452. The second-order valence-electron chi connectivity index (χ2n) is 2.45. The third-order valence-corrected chi connectivity index (χ3v) is 1.77. The van der Waals surface area contributed by atoms with Crippen molar-refractivity contribution in [3.8, 4) is 0 Å². The summed E-state index contributed by atoms with van der Waals surface area (Å²) in [6, 6.07) is 0. The van der Waals surface area contributed by atoms with E-state index >= 15 is 0 Å². The highest BCUT2D eigenvalue weighted by molar-refractivity contribution is 5.97. The van der Waals surface area contributed by atoms with Crippen LogP contribution in [0.15, 0.2) is 0 Å². The van der Waals surface area contributed by atoms with Gasteiger partial charge in [0.2, 0.25) is 5.60 Å². The largest absolute Gasteiger partial charge is 0.467 e. The van der Waals surface area contributed by atoms with Crippen molar-refractivity contribution in [1.82, 2.24) is 0 Å². The normalized spacial score (nSPS) is 29.9. The number of esters is 1. The van der Waals surface area contributed by atoms with E-state index in [0.29, 0.717) is 19.3 Å². The quantitative estimate of drug-likeness (QED) is 0.320. The summed E-state index contributed by atoms with van der Waals surface area (Å²) in [6.07, 6.45) is 1.68. The van der Waals surface area contributed by atoms with Gasteiger partial charge in [-0.05, 0) is 12.8 Å². The van der Waals surface area contributed by atoms with E-state index in [-0.39, 0.29) is 0 Å². The van der Waals surface area contributed by atoms with Gasteiger partial charge in [0.15, 0.2) is 6.29 Å². The molecule has 0 aliphatic carbocycles. The van der Waals surface area contributed by atoms with Gasteiger partial charge in [-0.1, -0.05) is 0 Å². The molecule has 1 aliphatic heterocycles. The zero-order valence-corrected chi connectivity index (χ0v) is 6.33. The highest BCUT2D eigenvalue weighted by Gasteiger charge is 2.43. The van der Waals surface area contributed by atoms with Crippen LogP contribution in [0.3, 0.4) is 0 Å². The van der Waals surface area contributed by atoms with Crippen LogP contribution in [0.1, 0.15) is 12.8 Å². The summed E-state index contributed by atoms with van der Waals surface area (Å²) in [4.78, 5) is 21.5. The molecule has 4 nitrogen and oxygen atoms in total. The number of rotatable bonds is 2. The third-order valence-electron chi connectivity index (χ3n) is 1.77. The Labute approximate surface area is 64.5 Å². The van der Waals surface area contributed by atoms with Gasteiger partial charge in [0.1, 0.15) is 0 Å². The average Bonchev–Trinajstić information content (AvgIpc) is 2.52. The summed E-state index contributed by atoms with van der Waals surface area (Å²) in [5, 5.41) is 0. The van der Waals surface area contributed by atoms with Crippen LogP contribution in [0.2, 0.25) is 0 Å². The van der Waals surface area contributed by atoms with Crippen LogP contribution in [0.4, 0.5) is 0 Å². The van der Waals surface area contributed by atoms with Crippen LogP contribution >= 0.6 is 0 Å². The Morgan fingerprint density at radius 3 is 2.82 bits per heavy atom. The van der Waals surface area contributed by atoms with Gasteiger partial charge in [0.25, 0.3) is 0 Å². The monoisotopic (exact) mass is 158 g/mol. The first kappa shape index (κ1) is 8.20. The van der Waals surface area contributed by atoms with Crippen molar-refractivity contribution >= 4 is 12.3 Å². The van der Waals surface area contributed by atoms with Gasteiger partial charge in [-0.25, -0.2) is 4.79 Å². The second-order valence-corrected chi connectivity index (χ2v) is 2.45. The maximum Gasteiger partial charge on any atom is 0.345 e. The Kier molecular flexibility index (Phi) is 2.24. The zero-order chi connectivity index (χ0) is 8.32. The van der Waals surface area contributed by atoms with Gasteiger partial charge < -0.3 is 9.47 Å². The second kappa shape index (κ2) is 3.00. The number of aldehydes is 1. The Balaban J connectivity index is 2.74. The van der Waals surface area contributed by atoms with Gasteiger partial charge in [0.05, 0.1) is 7.11 Å². The van der Waals surface area contributed by atoms with E-state index < -0.39 is 11.6 Å². The van der Waals surface area contributed by atoms with Crippen molar-refractivity contribution in [3.05, 3.63) is 0 Å². The fourth-order valence-electron chi connectivity index (χ4n) is 1.14. The fourth-order valence-corrected chi connectivity index (χ4v) is 1.14. The molecule has 1 aliphatic rings. The first-order chi connectivity index (χ1) is 5.25. The van der Waals surface area contributed by atoms with Crippen LogP contribution in [0.25, 0.3) is 0 Å². The first-order valence-electron chi connectivity index (χ1n) is 3.44. The lowest BCUT2D eigenvalue weighted by Crippen LogP contribution is -2.40. The molecule has 0 spiro atoms. The van der Waals surface area contributed by atoms with Crippen LogP contribution in [0.5, 0.6) is 0 Å². The molecule has 0 N–H and O–H groups in total. The molecule has 4 heteroatoms. The summed E-state index contributed by atoms with van der Waals surface area (Å²) >= 11 is 0. The number of carbonyl (C=O) groups excluding carboxylic acids is 2. The Morgan fingerprint density at radius 1 is 1.73 bits per heavy atom. The number of hydrogen-bond donors (Lipinski definition) is 0. The molecule has 1 fully saturated rings. The molecule has 1 unspecified atom stereocenters. The lowest BCUT2D eigenvalue weighted by molar-refractivity contribution is -0.165. The predicted octanol–water partition coefficient (Wildman–Crippen LogP) is -0.0925. The number of hydrogen-bond acceptors (Lipinski definition) is 4. The minimum atomic E-state index is -1.30. The molecular formula is C7H10O4. The number of ether oxygens (including phenoxy) is 2. The maximum absolute atomic E-state index is 11.0. The molecule has 0 amide bonds. The lowest BCUT2D eigenvalue weighted by Gasteiger charge is -2.17. The molecule has 1 saturated heterocycles. The Bertz CT molecular complexity index is 169. The molecule has 62 valence electrons. The maximum atomic E-state index is 11.0. The van der Waals surface area contributed by atoms with Crippen LogP contribution in [-0.4, -0.2) is 31.6 Å². The zero-order valence-electron chi connectivity index (χ0n) is 6.33. The van der Waals surface area contributed by atoms with E-state index in [1.807, 2.05) is 0 Å². The van der Waals surface area contributed by atoms with Gasteiger partial charge in [-0.2, -0.15) is 0 Å². The van der Waals surface area contributed by atoms with Crippen molar-refractivity contribution in [2.24, 2.45) is 0 Å². The minimum Gasteiger partial charge on any atom is -0.467 e. The average molecular weight is 158 g/mol. The van der Waals surface area contributed by atoms with E-state index in [1.54, 1.807) is 0 Å². The summed E-state index contributed by atoms with van der Waals surface area (Å²) in [5.41, 5.74) is -1.30. The molecule has 1 atom stereocenters.